The standard InChI is InChI=1S/C24H31Cl2N3O4S/c1-5-17-10-8-9-11-22(17)29(34(4,32)33)16-23(30)28(21(6-2)24(31)27-7-3)15-18-12-13-19(25)14-20(18)26/h8-14,21H,5-7,15-16H2,1-4H3,(H,27,31)/t21-/m0/s1. The van der Waals surface area contributed by atoms with Crippen LogP contribution < -0.4 is 9.62 Å². The van der Waals surface area contributed by atoms with Crippen LogP contribution in [0.3, 0.4) is 0 Å². The van der Waals surface area contributed by atoms with Gasteiger partial charge in [0.1, 0.15) is 12.6 Å². The number of aryl methyl sites for hydroxylation is 1. The molecule has 2 amide bonds. The van der Waals surface area contributed by atoms with Crippen molar-refractivity contribution in [2.24, 2.45) is 0 Å². The lowest BCUT2D eigenvalue weighted by Crippen LogP contribution is -2.52. The quantitative estimate of drug-likeness (QED) is 0.472. The minimum Gasteiger partial charge on any atom is -0.355 e. The number of likely N-dealkylation sites (N-methyl/N-ethyl adjacent to an activating group) is 1. The average molecular weight is 529 g/mol. The molecular weight excluding hydrogens is 497 g/mol. The number of rotatable bonds is 11. The Kier molecular flexibility index (Phi) is 10.2. The van der Waals surface area contributed by atoms with E-state index in [1.165, 1.54) is 4.90 Å². The molecule has 1 N–H and O–H groups in total. The summed E-state index contributed by atoms with van der Waals surface area (Å²) in [6, 6.07) is 11.2. The normalized spacial score (nSPS) is 12.2. The van der Waals surface area contributed by atoms with Crippen LogP contribution in [0.5, 0.6) is 0 Å². The molecule has 0 saturated carbocycles. The molecule has 0 bridgehead atoms. The Bertz CT molecular complexity index is 1120. The lowest BCUT2D eigenvalue weighted by atomic mass is 10.1. The van der Waals surface area contributed by atoms with E-state index in [1.54, 1.807) is 44.2 Å². The van der Waals surface area contributed by atoms with Crippen molar-refractivity contribution in [3.8, 4) is 0 Å². The maximum atomic E-state index is 13.6. The molecule has 0 aliphatic carbocycles. The van der Waals surface area contributed by atoms with Gasteiger partial charge in [-0.25, -0.2) is 8.42 Å². The van der Waals surface area contributed by atoms with Gasteiger partial charge in [0.25, 0.3) is 0 Å². The summed E-state index contributed by atoms with van der Waals surface area (Å²) in [5.41, 5.74) is 1.84. The molecule has 0 saturated heterocycles. The first-order chi connectivity index (χ1) is 16.0. The predicted molar refractivity (Wildman–Crippen MR) is 138 cm³/mol. The van der Waals surface area contributed by atoms with Crippen LogP contribution in [0.15, 0.2) is 42.5 Å². The second kappa shape index (κ2) is 12.4. The smallest absolute Gasteiger partial charge is 0.244 e. The van der Waals surface area contributed by atoms with Gasteiger partial charge in [0.2, 0.25) is 21.8 Å². The van der Waals surface area contributed by atoms with Crippen molar-refractivity contribution in [1.29, 1.82) is 0 Å². The van der Waals surface area contributed by atoms with Crippen LogP contribution in [-0.4, -0.2) is 50.5 Å². The van der Waals surface area contributed by atoms with Gasteiger partial charge in [-0.1, -0.05) is 61.3 Å². The first kappa shape index (κ1) is 28.0. The van der Waals surface area contributed by atoms with Gasteiger partial charge < -0.3 is 10.2 Å². The minimum atomic E-state index is -3.79. The van der Waals surface area contributed by atoms with E-state index < -0.39 is 28.5 Å². The van der Waals surface area contributed by atoms with Crippen molar-refractivity contribution in [2.45, 2.75) is 46.2 Å². The maximum Gasteiger partial charge on any atom is 0.244 e. The van der Waals surface area contributed by atoms with Crippen LogP contribution in [-0.2, 0) is 32.6 Å². The molecule has 2 aromatic carbocycles. The molecule has 0 unspecified atom stereocenters. The molecule has 0 aliphatic rings. The molecule has 34 heavy (non-hydrogen) atoms. The van der Waals surface area contributed by atoms with E-state index in [9.17, 15) is 18.0 Å². The highest BCUT2D eigenvalue weighted by molar-refractivity contribution is 7.92. The van der Waals surface area contributed by atoms with Gasteiger partial charge in [-0.05, 0) is 49.1 Å². The van der Waals surface area contributed by atoms with E-state index in [4.69, 9.17) is 23.2 Å². The summed E-state index contributed by atoms with van der Waals surface area (Å²) < 4.78 is 26.5. The number of sulfonamides is 1. The molecule has 0 aromatic heterocycles. The number of hydrogen-bond acceptors (Lipinski definition) is 4. The zero-order chi connectivity index (χ0) is 25.5. The van der Waals surface area contributed by atoms with Gasteiger partial charge in [-0.2, -0.15) is 0 Å². The van der Waals surface area contributed by atoms with Crippen LogP contribution in [0.25, 0.3) is 0 Å². The Hall–Kier alpha value is -2.29. The van der Waals surface area contributed by atoms with Crippen LogP contribution >= 0.6 is 23.2 Å². The number of amides is 2. The third-order valence-electron chi connectivity index (χ3n) is 5.41. The number of carbonyl (C=O) groups excluding carboxylic acids is 2. The largest absolute Gasteiger partial charge is 0.355 e. The van der Waals surface area contributed by atoms with Gasteiger partial charge in [0.05, 0.1) is 11.9 Å². The summed E-state index contributed by atoms with van der Waals surface area (Å²) in [4.78, 5) is 27.8. The lowest BCUT2D eigenvalue weighted by Gasteiger charge is -2.33. The topological polar surface area (TPSA) is 86.8 Å². The Labute approximate surface area is 212 Å². The summed E-state index contributed by atoms with van der Waals surface area (Å²) in [7, 11) is -3.79. The molecular formula is C24H31Cl2N3O4S. The highest BCUT2D eigenvalue weighted by atomic mass is 35.5. The van der Waals surface area contributed by atoms with Gasteiger partial charge >= 0.3 is 0 Å². The Balaban J connectivity index is 2.50. The number of hydrogen-bond donors (Lipinski definition) is 1. The van der Waals surface area contributed by atoms with Gasteiger partial charge in [-0.15, -0.1) is 0 Å². The second-order valence-corrected chi connectivity index (χ2v) is 10.6. The molecule has 0 aliphatic heterocycles. The van der Waals surface area contributed by atoms with Crippen molar-refractivity contribution in [3.63, 3.8) is 0 Å². The van der Waals surface area contributed by atoms with Gasteiger partial charge in [-0.3, -0.25) is 13.9 Å². The average Bonchev–Trinajstić information content (AvgIpc) is 2.78. The summed E-state index contributed by atoms with van der Waals surface area (Å²) in [6.45, 7) is 5.48. The maximum absolute atomic E-state index is 13.6. The Morgan fingerprint density at radius 2 is 1.71 bits per heavy atom. The van der Waals surface area contributed by atoms with E-state index in [-0.39, 0.29) is 12.5 Å². The van der Waals surface area contributed by atoms with Crippen LogP contribution in [0.1, 0.15) is 38.3 Å². The fourth-order valence-corrected chi connectivity index (χ4v) is 5.04. The molecule has 186 valence electrons. The van der Waals surface area contributed by atoms with Crippen LogP contribution in [0.2, 0.25) is 10.0 Å². The summed E-state index contributed by atoms with van der Waals surface area (Å²) >= 11 is 12.4. The molecule has 2 aromatic rings. The molecule has 0 spiro atoms. The van der Waals surface area contributed by atoms with Crippen molar-refractivity contribution < 1.29 is 18.0 Å². The fourth-order valence-electron chi connectivity index (χ4n) is 3.69. The van der Waals surface area contributed by atoms with E-state index in [0.29, 0.717) is 40.7 Å². The zero-order valence-corrected chi connectivity index (χ0v) is 22.2. The van der Waals surface area contributed by atoms with E-state index in [2.05, 4.69) is 5.32 Å². The molecule has 1 atom stereocenters. The first-order valence-electron chi connectivity index (χ1n) is 11.1. The number of nitrogens with zero attached hydrogens (tertiary/aromatic N) is 2. The zero-order valence-electron chi connectivity index (χ0n) is 19.8. The van der Waals surface area contributed by atoms with E-state index in [0.717, 1.165) is 16.1 Å². The molecule has 10 heteroatoms. The summed E-state index contributed by atoms with van der Waals surface area (Å²) in [6.07, 6.45) is 2.00. The molecule has 0 heterocycles. The lowest BCUT2D eigenvalue weighted by molar-refractivity contribution is -0.140. The summed E-state index contributed by atoms with van der Waals surface area (Å²) in [5.74, 6) is -0.830. The van der Waals surface area contributed by atoms with Crippen molar-refractivity contribution in [3.05, 3.63) is 63.6 Å². The third kappa shape index (κ3) is 7.10. The van der Waals surface area contributed by atoms with E-state index in [1.807, 2.05) is 19.1 Å². The van der Waals surface area contributed by atoms with Crippen LogP contribution in [0.4, 0.5) is 5.69 Å². The predicted octanol–water partition coefficient (Wildman–Crippen LogP) is 4.27. The summed E-state index contributed by atoms with van der Waals surface area (Å²) in [5, 5.41) is 3.56. The SMILES string of the molecule is CCNC(=O)[C@H](CC)N(Cc1ccc(Cl)cc1Cl)C(=O)CN(c1ccccc1CC)S(C)(=O)=O. The Morgan fingerprint density at radius 1 is 1.03 bits per heavy atom. The van der Waals surface area contributed by atoms with E-state index >= 15 is 0 Å². The van der Waals surface area contributed by atoms with Crippen LogP contribution in [0, 0.1) is 0 Å². The molecule has 2 rings (SSSR count). The number of carbonyl (C=O) groups is 2. The first-order valence-corrected chi connectivity index (χ1v) is 13.7. The van der Waals surface area contributed by atoms with Crippen molar-refractivity contribution >= 4 is 50.7 Å². The highest BCUT2D eigenvalue weighted by Crippen LogP contribution is 2.26. The molecule has 0 fully saturated rings. The number of benzene rings is 2. The van der Waals surface area contributed by atoms with Gasteiger partial charge in [0, 0.05) is 23.1 Å². The fraction of sp³-hybridized carbons (Fsp3) is 0.417. The molecule has 7 nitrogen and oxygen atoms in total. The second-order valence-electron chi connectivity index (χ2n) is 7.83. The number of halogens is 2. The monoisotopic (exact) mass is 527 g/mol. The van der Waals surface area contributed by atoms with Crippen molar-refractivity contribution in [1.82, 2.24) is 10.2 Å². The number of nitrogens with one attached hydrogen (secondary N) is 1. The van der Waals surface area contributed by atoms with Gasteiger partial charge in [0.15, 0.2) is 0 Å². The van der Waals surface area contributed by atoms with Crippen molar-refractivity contribution in [2.75, 3.05) is 23.7 Å². The number of anilines is 1. The Morgan fingerprint density at radius 3 is 2.26 bits per heavy atom. The molecule has 0 radical (unpaired) electrons. The number of para-hydroxylation sites is 1. The minimum absolute atomic E-state index is 0.0253. The highest BCUT2D eigenvalue weighted by Gasteiger charge is 2.32. The third-order valence-corrected chi connectivity index (χ3v) is 7.13.